The van der Waals surface area contributed by atoms with E-state index in [1.807, 2.05) is 12.1 Å². The number of amides is 1. The zero-order valence-electron chi connectivity index (χ0n) is 18.8. The number of nitrogens with one attached hydrogen (secondary N) is 1. The van der Waals surface area contributed by atoms with Crippen LogP contribution in [0.1, 0.15) is 63.0 Å². The van der Waals surface area contributed by atoms with E-state index < -0.39 is 10.0 Å². The van der Waals surface area contributed by atoms with Crippen LogP contribution in [0.25, 0.3) is 0 Å². The van der Waals surface area contributed by atoms with E-state index in [9.17, 15) is 13.2 Å². The van der Waals surface area contributed by atoms with Gasteiger partial charge in [0.2, 0.25) is 15.9 Å². The van der Waals surface area contributed by atoms with E-state index >= 15 is 0 Å². The summed E-state index contributed by atoms with van der Waals surface area (Å²) >= 11 is 0. The quantitative estimate of drug-likeness (QED) is 0.728. The number of hydrogen-bond donors (Lipinski definition) is 1. The van der Waals surface area contributed by atoms with Crippen molar-refractivity contribution in [3.8, 4) is 0 Å². The van der Waals surface area contributed by atoms with Crippen LogP contribution < -0.4 is 5.32 Å². The number of likely N-dealkylation sites (tertiary alicyclic amines) is 1. The molecule has 0 spiro atoms. The van der Waals surface area contributed by atoms with Gasteiger partial charge in [0, 0.05) is 38.1 Å². The lowest BCUT2D eigenvalue weighted by Crippen LogP contribution is -2.46. The maximum absolute atomic E-state index is 13.1. The highest BCUT2D eigenvalue weighted by atomic mass is 32.2. The molecule has 0 bridgehead atoms. The van der Waals surface area contributed by atoms with Crippen molar-refractivity contribution in [2.24, 2.45) is 5.92 Å². The molecule has 1 aromatic carbocycles. The standard InChI is InChI=1S/C24H37N3O3S/c1-19-6-4-5-14-26(19)17-13-25-24(28)21-11-15-27(16-12-21)31(29,30)23-10-9-20-7-2-3-8-22(20)18-23/h9-10,18-19,21H,2-8,11-17H2,1H3,(H,25,28)/t19-/m0/s1. The lowest BCUT2D eigenvalue weighted by Gasteiger charge is -2.34. The van der Waals surface area contributed by atoms with E-state index in [-0.39, 0.29) is 11.8 Å². The van der Waals surface area contributed by atoms with Crippen LogP contribution in [0.4, 0.5) is 0 Å². The van der Waals surface area contributed by atoms with E-state index in [0.29, 0.717) is 43.4 Å². The fourth-order valence-electron chi connectivity index (χ4n) is 5.33. The number of nitrogens with zero attached hydrogens (tertiary/aromatic N) is 2. The van der Waals surface area contributed by atoms with Gasteiger partial charge in [-0.1, -0.05) is 12.5 Å². The molecule has 31 heavy (non-hydrogen) atoms. The van der Waals surface area contributed by atoms with Crippen molar-refractivity contribution in [3.63, 3.8) is 0 Å². The molecule has 0 aromatic heterocycles. The number of aryl methyl sites for hydroxylation is 2. The molecule has 2 heterocycles. The predicted molar refractivity (Wildman–Crippen MR) is 122 cm³/mol. The van der Waals surface area contributed by atoms with Crippen molar-refractivity contribution in [2.45, 2.75) is 75.6 Å². The highest BCUT2D eigenvalue weighted by Crippen LogP contribution is 2.28. The van der Waals surface area contributed by atoms with Crippen molar-refractivity contribution in [1.82, 2.24) is 14.5 Å². The van der Waals surface area contributed by atoms with E-state index in [0.717, 1.165) is 32.4 Å². The maximum Gasteiger partial charge on any atom is 0.243 e. The average molecular weight is 448 g/mol. The summed E-state index contributed by atoms with van der Waals surface area (Å²) in [5.41, 5.74) is 2.48. The molecule has 1 N–H and O–H groups in total. The minimum absolute atomic E-state index is 0.0792. The number of carbonyl (C=O) groups is 1. The van der Waals surface area contributed by atoms with Gasteiger partial charge in [-0.15, -0.1) is 0 Å². The first-order valence-corrected chi connectivity index (χ1v) is 13.5. The number of fused-ring (bicyclic) bond motifs is 1. The Balaban J connectivity index is 1.27. The number of benzene rings is 1. The van der Waals surface area contributed by atoms with Gasteiger partial charge in [0.05, 0.1) is 4.90 Å². The Morgan fingerprint density at radius 3 is 2.48 bits per heavy atom. The van der Waals surface area contributed by atoms with Crippen molar-refractivity contribution < 1.29 is 13.2 Å². The first-order chi connectivity index (χ1) is 14.9. The van der Waals surface area contributed by atoms with Crippen LogP contribution in [0.3, 0.4) is 0 Å². The molecule has 4 rings (SSSR count). The summed E-state index contributed by atoms with van der Waals surface area (Å²) < 4.78 is 27.9. The Kier molecular flexibility index (Phi) is 7.34. The fourth-order valence-corrected chi connectivity index (χ4v) is 6.86. The lowest BCUT2D eigenvalue weighted by atomic mass is 9.92. The molecule has 0 unspecified atom stereocenters. The van der Waals surface area contributed by atoms with Gasteiger partial charge >= 0.3 is 0 Å². The molecule has 1 amide bonds. The van der Waals surface area contributed by atoms with E-state index in [1.165, 1.54) is 36.8 Å². The van der Waals surface area contributed by atoms with Gasteiger partial charge < -0.3 is 5.32 Å². The van der Waals surface area contributed by atoms with Crippen LogP contribution in [-0.4, -0.2) is 62.3 Å². The largest absolute Gasteiger partial charge is 0.355 e. The summed E-state index contributed by atoms with van der Waals surface area (Å²) in [6, 6.07) is 6.23. The second kappa shape index (κ2) is 10.0. The monoisotopic (exact) mass is 447 g/mol. The first-order valence-electron chi connectivity index (χ1n) is 12.1. The summed E-state index contributed by atoms with van der Waals surface area (Å²) in [7, 11) is -3.49. The normalized spacial score (nSPS) is 24.0. The minimum Gasteiger partial charge on any atom is -0.355 e. The molecule has 1 aliphatic carbocycles. The van der Waals surface area contributed by atoms with Gasteiger partial charge in [0.25, 0.3) is 0 Å². The van der Waals surface area contributed by atoms with Crippen LogP contribution >= 0.6 is 0 Å². The Hall–Kier alpha value is -1.44. The molecule has 1 atom stereocenters. The zero-order chi connectivity index (χ0) is 21.8. The Morgan fingerprint density at radius 2 is 1.74 bits per heavy atom. The second-order valence-electron chi connectivity index (χ2n) is 9.49. The molecule has 1 aromatic rings. The summed E-state index contributed by atoms with van der Waals surface area (Å²) in [5, 5.41) is 3.09. The molecule has 2 saturated heterocycles. The molecule has 3 aliphatic rings. The van der Waals surface area contributed by atoms with E-state index in [4.69, 9.17) is 0 Å². The van der Waals surface area contributed by atoms with Crippen LogP contribution in [0.15, 0.2) is 23.1 Å². The zero-order valence-corrected chi connectivity index (χ0v) is 19.6. The maximum atomic E-state index is 13.1. The van der Waals surface area contributed by atoms with Gasteiger partial charge in [-0.2, -0.15) is 4.31 Å². The Morgan fingerprint density at radius 1 is 1.00 bits per heavy atom. The van der Waals surface area contributed by atoms with Crippen molar-refractivity contribution in [3.05, 3.63) is 29.3 Å². The third-order valence-electron chi connectivity index (χ3n) is 7.42. The van der Waals surface area contributed by atoms with Crippen molar-refractivity contribution >= 4 is 15.9 Å². The first kappa shape index (κ1) is 22.7. The number of carbonyl (C=O) groups excluding carboxylic acids is 1. The third-order valence-corrected chi connectivity index (χ3v) is 9.32. The van der Waals surface area contributed by atoms with Crippen LogP contribution in [-0.2, 0) is 27.7 Å². The molecule has 0 radical (unpaired) electrons. The van der Waals surface area contributed by atoms with E-state index in [2.05, 4.69) is 17.1 Å². The van der Waals surface area contributed by atoms with Gasteiger partial charge in [-0.25, -0.2) is 8.42 Å². The molecular formula is C24H37N3O3S. The fraction of sp³-hybridized carbons (Fsp3) is 0.708. The summed E-state index contributed by atoms with van der Waals surface area (Å²) in [6.45, 7) is 5.80. The van der Waals surface area contributed by atoms with E-state index in [1.54, 1.807) is 10.4 Å². The highest BCUT2D eigenvalue weighted by molar-refractivity contribution is 7.89. The summed E-state index contributed by atoms with van der Waals surface area (Å²) in [5.74, 6) is -0.00995. The molecule has 0 saturated carbocycles. The van der Waals surface area contributed by atoms with Gasteiger partial charge in [-0.3, -0.25) is 9.69 Å². The second-order valence-corrected chi connectivity index (χ2v) is 11.4. The van der Waals surface area contributed by atoms with Crippen LogP contribution in [0.2, 0.25) is 0 Å². The number of rotatable bonds is 6. The third kappa shape index (κ3) is 5.32. The molecule has 7 heteroatoms. The summed E-state index contributed by atoms with van der Waals surface area (Å²) in [4.78, 5) is 15.5. The molecular weight excluding hydrogens is 410 g/mol. The highest BCUT2D eigenvalue weighted by Gasteiger charge is 2.32. The van der Waals surface area contributed by atoms with Gasteiger partial charge in [0.15, 0.2) is 0 Å². The topological polar surface area (TPSA) is 69.7 Å². The smallest absolute Gasteiger partial charge is 0.243 e. The molecule has 2 fully saturated rings. The van der Waals surface area contributed by atoms with Gasteiger partial charge in [-0.05, 0) is 88.1 Å². The lowest BCUT2D eigenvalue weighted by molar-refractivity contribution is -0.126. The number of sulfonamides is 1. The molecule has 6 nitrogen and oxygen atoms in total. The number of piperidine rings is 2. The molecule has 2 aliphatic heterocycles. The van der Waals surface area contributed by atoms with Crippen LogP contribution in [0.5, 0.6) is 0 Å². The predicted octanol–water partition coefficient (Wildman–Crippen LogP) is 2.96. The SMILES string of the molecule is C[C@H]1CCCCN1CCNC(=O)C1CCN(S(=O)(=O)c2ccc3c(c2)CCCC3)CC1. The van der Waals surface area contributed by atoms with Crippen molar-refractivity contribution in [1.29, 1.82) is 0 Å². The Labute approximate surface area is 187 Å². The van der Waals surface area contributed by atoms with Crippen molar-refractivity contribution in [2.75, 3.05) is 32.7 Å². The number of hydrogen-bond acceptors (Lipinski definition) is 4. The summed E-state index contributed by atoms with van der Waals surface area (Å²) in [6.07, 6.45) is 9.31. The van der Waals surface area contributed by atoms with Gasteiger partial charge in [0.1, 0.15) is 0 Å². The van der Waals surface area contributed by atoms with Crippen LogP contribution in [0, 0.1) is 5.92 Å². The Bertz CT molecular complexity index is 878. The average Bonchev–Trinajstić information content (AvgIpc) is 2.80. The minimum atomic E-state index is -3.49. The molecule has 172 valence electrons.